The van der Waals surface area contributed by atoms with E-state index in [0.29, 0.717) is 25.7 Å². The Morgan fingerprint density at radius 3 is 1.56 bits per heavy atom. The molecule has 0 radical (unpaired) electrons. The fourth-order valence-corrected chi connectivity index (χ4v) is 7.32. The number of primary amides is 1. The average Bonchev–Trinajstić information content (AvgIpc) is 3.81. The highest BCUT2D eigenvalue weighted by Gasteiger charge is 2.45. The molecule has 16 nitrogen and oxygen atoms in total. The number of hydrogen-bond acceptors (Lipinski definition) is 8. The summed E-state index contributed by atoms with van der Waals surface area (Å²) in [5, 5.41) is 13.7. The summed E-state index contributed by atoms with van der Waals surface area (Å²) in [4.78, 5) is 113. The molecule has 0 bridgehead atoms. The predicted molar refractivity (Wildman–Crippen MR) is 198 cm³/mol. The Morgan fingerprint density at radius 1 is 0.611 bits per heavy atom. The predicted octanol–water partition coefficient (Wildman–Crippen LogP) is -0.508. The molecular formula is C38H56N8O8. The summed E-state index contributed by atoms with van der Waals surface area (Å²) in [6.07, 6.45) is 1.13. The van der Waals surface area contributed by atoms with Crippen molar-refractivity contribution in [3.05, 3.63) is 35.9 Å². The van der Waals surface area contributed by atoms with Crippen LogP contribution < -0.4 is 32.3 Å². The van der Waals surface area contributed by atoms with Gasteiger partial charge in [-0.15, -0.1) is 0 Å². The van der Waals surface area contributed by atoms with Gasteiger partial charge < -0.3 is 42.1 Å². The van der Waals surface area contributed by atoms with Crippen LogP contribution in [0, 0.1) is 17.8 Å². The summed E-state index contributed by atoms with van der Waals surface area (Å²) in [6.45, 7) is 10.7. The molecule has 3 aliphatic rings. The van der Waals surface area contributed by atoms with E-state index >= 15 is 0 Å². The van der Waals surface area contributed by atoms with Gasteiger partial charge in [0.1, 0.15) is 42.3 Å². The van der Waals surface area contributed by atoms with E-state index in [1.807, 2.05) is 18.2 Å². The van der Waals surface area contributed by atoms with Crippen LogP contribution >= 0.6 is 0 Å². The number of carbonyl (C=O) groups excluding carboxylic acids is 8. The highest BCUT2D eigenvalue weighted by molar-refractivity contribution is 6.00. The van der Waals surface area contributed by atoms with Crippen LogP contribution in [-0.4, -0.2) is 112 Å². The number of rotatable bonds is 7. The maximum atomic E-state index is 14.2. The number of nitrogens with zero attached hydrogens (tertiary/aromatic N) is 2. The van der Waals surface area contributed by atoms with Gasteiger partial charge in [-0.25, -0.2) is 0 Å². The lowest BCUT2D eigenvalue weighted by Crippen LogP contribution is -2.62. The second kappa shape index (κ2) is 18.3. The number of benzene rings is 1. The number of hydrogen-bond donors (Lipinski definition) is 6. The summed E-state index contributed by atoms with van der Waals surface area (Å²) < 4.78 is 0. The Hall–Kier alpha value is -5.02. The second-order valence-electron chi connectivity index (χ2n) is 15.6. The Balaban J connectivity index is 1.77. The van der Waals surface area contributed by atoms with Crippen molar-refractivity contribution in [2.75, 3.05) is 13.1 Å². The molecule has 3 aliphatic heterocycles. The largest absolute Gasteiger partial charge is 0.370 e. The van der Waals surface area contributed by atoms with E-state index < -0.39 is 114 Å². The van der Waals surface area contributed by atoms with Gasteiger partial charge in [0.2, 0.25) is 47.3 Å². The minimum Gasteiger partial charge on any atom is -0.370 e. The summed E-state index contributed by atoms with van der Waals surface area (Å²) in [6, 6.07) is 1.15. The minimum atomic E-state index is -1.43. The third kappa shape index (κ3) is 10.1. The molecule has 296 valence electrons. The lowest BCUT2D eigenvalue weighted by atomic mass is 9.97. The lowest BCUT2D eigenvalue weighted by Gasteiger charge is -2.33. The molecule has 3 fully saturated rings. The lowest BCUT2D eigenvalue weighted by molar-refractivity contribution is -0.148. The summed E-state index contributed by atoms with van der Waals surface area (Å²) >= 11 is 0. The standard InChI is InChI=1S/C38H56N8O8/c1-20(2)29-34(50)41-25(19-28(39)47)37(53)46-17-11-15-27(46)38(54)45-16-10-14-26(45)33(49)40-24(18-23-12-8-7-9-13-23)32(48)42-30(21(3)4)35(51)44-31(22(5)6)36(52)43-29/h7-9,12-13,20-22,24-27,29-31H,10-11,14-19H2,1-6H3,(H2,39,47)(H,40,49)(H,41,50)(H,42,48)(H,43,52)(H,44,51). The van der Waals surface area contributed by atoms with Crippen LogP contribution in [0.4, 0.5) is 0 Å². The Morgan fingerprint density at radius 2 is 1.06 bits per heavy atom. The number of nitrogens with two attached hydrogens (primary N) is 1. The summed E-state index contributed by atoms with van der Waals surface area (Å²) in [7, 11) is 0. The Labute approximate surface area is 316 Å². The zero-order valence-electron chi connectivity index (χ0n) is 32.1. The third-order valence-electron chi connectivity index (χ3n) is 10.3. The molecule has 7 N–H and O–H groups in total. The number of amides is 8. The van der Waals surface area contributed by atoms with Crippen molar-refractivity contribution in [3.8, 4) is 0 Å². The van der Waals surface area contributed by atoms with Crippen LogP contribution in [0.2, 0.25) is 0 Å². The van der Waals surface area contributed by atoms with Crippen molar-refractivity contribution < 1.29 is 38.4 Å². The van der Waals surface area contributed by atoms with E-state index in [9.17, 15) is 38.4 Å². The Kier molecular flexibility index (Phi) is 14.2. The minimum absolute atomic E-state index is 0.0896. The van der Waals surface area contributed by atoms with Crippen LogP contribution in [0.1, 0.15) is 79.2 Å². The summed E-state index contributed by atoms with van der Waals surface area (Å²) in [5.41, 5.74) is 6.26. The highest BCUT2D eigenvalue weighted by atomic mass is 16.2. The second-order valence-corrected chi connectivity index (χ2v) is 15.6. The third-order valence-corrected chi connectivity index (χ3v) is 10.3. The maximum absolute atomic E-state index is 14.2. The number of carbonyl (C=O) groups is 8. The van der Waals surface area contributed by atoms with Crippen molar-refractivity contribution in [2.45, 2.75) is 122 Å². The molecule has 7 unspecified atom stereocenters. The van der Waals surface area contributed by atoms with Gasteiger partial charge in [0, 0.05) is 19.5 Å². The fraction of sp³-hybridized carbons (Fsp3) is 0.632. The molecule has 0 aromatic heterocycles. The molecule has 4 rings (SSSR count). The zero-order chi connectivity index (χ0) is 39.9. The molecule has 3 heterocycles. The van der Waals surface area contributed by atoms with Crippen molar-refractivity contribution in [2.24, 2.45) is 23.5 Å². The topological polar surface area (TPSA) is 229 Å². The van der Waals surface area contributed by atoms with E-state index in [2.05, 4.69) is 26.6 Å². The summed E-state index contributed by atoms with van der Waals surface area (Å²) in [5.74, 6) is -6.66. The normalized spacial score (nSPS) is 28.2. The van der Waals surface area contributed by atoms with E-state index in [1.165, 1.54) is 9.80 Å². The number of nitrogens with one attached hydrogen (secondary N) is 5. The first kappa shape index (κ1) is 41.7. The van der Waals surface area contributed by atoms with Gasteiger partial charge in [-0.2, -0.15) is 0 Å². The molecule has 16 heteroatoms. The van der Waals surface area contributed by atoms with Gasteiger partial charge in [0.15, 0.2) is 0 Å². The molecule has 7 atom stereocenters. The van der Waals surface area contributed by atoms with Crippen molar-refractivity contribution in [3.63, 3.8) is 0 Å². The molecule has 8 amide bonds. The monoisotopic (exact) mass is 752 g/mol. The molecule has 3 saturated heterocycles. The van der Waals surface area contributed by atoms with Crippen LogP contribution in [0.5, 0.6) is 0 Å². The SMILES string of the molecule is CC(C)C1NC(=O)C(Cc2ccccc2)NC(=O)C2CCCN2C(=O)C2CCCN2C(=O)C(CC(N)=O)NC(=O)C(C(C)C)NC(=O)C(C(C)C)NC1=O. The van der Waals surface area contributed by atoms with Crippen LogP contribution in [0.3, 0.4) is 0 Å². The Bertz CT molecular complexity index is 1580. The molecule has 0 aliphatic carbocycles. The van der Waals surface area contributed by atoms with Crippen LogP contribution in [0.15, 0.2) is 30.3 Å². The molecular weight excluding hydrogens is 696 g/mol. The van der Waals surface area contributed by atoms with Gasteiger partial charge in [-0.05, 0) is 49.0 Å². The average molecular weight is 753 g/mol. The smallest absolute Gasteiger partial charge is 0.246 e. The van der Waals surface area contributed by atoms with Gasteiger partial charge in [0.05, 0.1) is 6.42 Å². The quantitative estimate of drug-likeness (QED) is 0.212. The number of fused-ring (bicyclic) bond motifs is 2. The van der Waals surface area contributed by atoms with Gasteiger partial charge >= 0.3 is 0 Å². The first-order valence-electron chi connectivity index (χ1n) is 18.9. The molecule has 1 aromatic carbocycles. The van der Waals surface area contributed by atoms with E-state index in [4.69, 9.17) is 5.73 Å². The zero-order valence-corrected chi connectivity index (χ0v) is 32.1. The first-order valence-corrected chi connectivity index (χ1v) is 18.9. The maximum Gasteiger partial charge on any atom is 0.246 e. The molecule has 0 saturated carbocycles. The van der Waals surface area contributed by atoms with Crippen LogP contribution in [0.25, 0.3) is 0 Å². The van der Waals surface area contributed by atoms with E-state index in [1.54, 1.807) is 53.7 Å². The van der Waals surface area contributed by atoms with Gasteiger partial charge in [-0.3, -0.25) is 38.4 Å². The van der Waals surface area contributed by atoms with Crippen molar-refractivity contribution >= 4 is 47.3 Å². The van der Waals surface area contributed by atoms with Gasteiger partial charge in [0.25, 0.3) is 0 Å². The molecule has 1 aromatic rings. The fourth-order valence-electron chi connectivity index (χ4n) is 7.32. The van der Waals surface area contributed by atoms with Crippen molar-refractivity contribution in [1.29, 1.82) is 0 Å². The van der Waals surface area contributed by atoms with Crippen molar-refractivity contribution in [1.82, 2.24) is 36.4 Å². The highest BCUT2D eigenvalue weighted by Crippen LogP contribution is 2.26. The molecule has 0 spiro atoms. The van der Waals surface area contributed by atoms with E-state index in [0.717, 1.165) is 5.56 Å². The first-order chi connectivity index (χ1) is 25.5. The molecule has 54 heavy (non-hydrogen) atoms. The van der Waals surface area contributed by atoms with Crippen LogP contribution in [-0.2, 0) is 44.8 Å². The van der Waals surface area contributed by atoms with Gasteiger partial charge in [-0.1, -0.05) is 71.9 Å². The van der Waals surface area contributed by atoms with E-state index in [-0.39, 0.29) is 19.5 Å².